The minimum absolute atomic E-state index is 0.0896. The molecule has 0 aliphatic rings. The topological polar surface area (TPSA) is 81.4 Å². The van der Waals surface area contributed by atoms with Gasteiger partial charge in [0.2, 0.25) is 5.91 Å². The lowest BCUT2D eigenvalue weighted by Gasteiger charge is -2.28. The molecule has 5 nitrogen and oxygen atoms in total. The Kier molecular flexibility index (Phi) is 6.58. The van der Waals surface area contributed by atoms with Gasteiger partial charge in [0.1, 0.15) is 0 Å². The van der Waals surface area contributed by atoms with Gasteiger partial charge in [0, 0.05) is 18.2 Å². The van der Waals surface area contributed by atoms with Gasteiger partial charge in [-0.3, -0.25) is 9.59 Å². The van der Waals surface area contributed by atoms with Crippen LogP contribution in [0.15, 0.2) is 24.3 Å². The smallest absolute Gasteiger partial charge is 0.308 e. The number of amides is 1. The van der Waals surface area contributed by atoms with Crippen molar-refractivity contribution < 1.29 is 14.7 Å². The molecule has 1 aromatic rings. The van der Waals surface area contributed by atoms with Crippen molar-refractivity contribution in [2.24, 2.45) is 11.8 Å². The van der Waals surface area contributed by atoms with Crippen molar-refractivity contribution in [3.05, 3.63) is 29.8 Å². The van der Waals surface area contributed by atoms with E-state index in [9.17, 15) is 9.59 Å². The van der Waals surface area contributed by atoms with E-state index in [0.29, 0.717) is 24.1 Å². The van der Waals surface area contributed by atoms with E-state index in [4.69, 9.17) is 10.4 Å². The first-order chi connectivity index (χ1) is 10.4. The zero-order valence-electron chi connectivity index (χ0n) is 13.2. The lowest BCUT2D eigenvalue weighted by molar-refractivity contribution is -0.140. The third-order valence-corrected chi connectivity index (χ3v) is 3.77. The Bertz CT molecular complexity index is 574. The van der Waals surface area contributed by atoms with Crippen LogP contribution in [0.5, 0.6) is 0 Å². The molecule has 1 unspecified atom stereocenters. The molecule has 0 bridgehead atoms. The second kappa shape index (κ2) is 8.18. The molecule has 0 aliphatic carbocycles. The SMILES string of the molecule is CCC(CC)C(=O)N(CC(C)C(=O)O)c1cccc(C#N)c1. The number of carbonyl (C=O) groups excluding carboxylic acids is 1. The maximum absolute atomic E-state index is 12.7. The Balaban J connectivity index is 3.17. The zero-order valence-corrected chi connectivity index (χ0v) is 13.2. The number of hydrogen-bond acceptors (Lipinski definition) is 3. The van der Waals surface area contributed by atoms with Gasteiger partial charge in [0.05, 0.1) is 17.6 Å². The molecule has 0 aliphatic heterocycles. The highest BCUT2D eigenvalue weighted by Crippen LogP contribution is 2.22. The molecule has 5 heteroatoms. The fourth-order valence-electron chi connectivity index (χ4n) is 2.28. The van der Waals surface area contributed by atoms with E-state index in [0.717, 1.165) is 0 Å². The van der Waals surface area contributed by atoms with Crippen LogP contribution < -0.4 is 4.90 Å². The zero-order chi connectivity index (χ0) is 16.7. The summed E-state index contributed by atoms with van der Waals surface area (Å²) in [6, 6.07) is 8.75. The normalized spacial score (nSPS) is 11.8. The van der Waals surface area contributed by atoms with Gasteiger partial charge in [-0.25, -0.2) is 0 Å². The second-order valence-corrected chi connectivity index (χ2v) is 5.36. The molecule has 0 saturated carbocycles. The maximum Gasteiger partial charge on any atom is 0.308 e. The molecule has 22 heavy (non-hydrogen) atoms. The average molecular weight is 302 g/mol. The van der Waals surface area contributed by atoms with Crippen molar-refractivity contribution >= 4 is 17.6 Å². The summed E-state index contributed by atoms with van der Waals surface area (Å²) < 4.78 is 0. The number of hydrogen-bond donors (Lipinski definition) is 1. The summed E-state index contributed by atoms with van der Waals surface area (Å²) in [6.45, 7) is 5.55. The Morgan fingerprint density at radius 2 is 1.95 bits per heavy atom. The van der Waals surface area contributed by atoms with Gasteiger partial charge in [-0.2, -0.15) is 5.26 Å². The quantitative estimate of drug-likeness (QED) is 0.839. The molecule has 1 atom stereocenters. The number of rotatable bonds is 7. The van der Waals surface area contributed by atoms with Crippen LogP contribution in [0.3, 0.4) is 0 Å². The number of nitrogens with zero attached hydrogens (tertiary/aromatic N) is 2. The molecule has 0 aromatic heterocycles. The number of benzene rings is 1. The second-order valence-electron chi connectivity index (χ2n) is 5.36. The van der Waals surface area contributed by atoms with E-state index in [1.54, 1.807) is 31.2 Å². The van der Waals surface area contributed by atoms with E-state index in [1.165, 1.54) is 4.90 Å². The minimum Gasteiger partial charge on any atom is -0.481 e. The third kappa shape index (κ3) is 4.32. The number of aliphatic carboxylic acids is 1. The molecule has 1 aromatic carbocycles. The van der Waals surface area contributed by atoms with E-state index < -0.39 is 11.9 Å². The minimum atomic E-state index is -0.946. The first-order valence-electron chi connectivity index (χ1n) is 7.48. The number of anilines is 1. The van der Waals surface area contributed by atoms with Crippen molar-refractivity contribution in [1.82, 2.24) is 0 Å². The molecule has 1 amide bonds. The highest BCUT2D eigenvalue weighted by atomic mass is 16.4. The molecule has 0 radical (unpaired) electrons. The molecular formula is C17H22N2O3. The summed E-state index contributed by atoms with van der Waals surface area (Å²) in [7, 11) is 0. The Hall–Kier alpha value is -2.35. The van der Waals surface area contributed by atoms with Crippen molar-refractivity contribution in [3.8, 4) is 6.07 Å². The highest BCUT2D eigenvalue weighted by molar-refractivity contribution is 5.95. The van der Waals surface area contributed by atoms with Gasteiger partial charge < -0.3 is 10.0 Å². The standard InChI is InChI=1S/C17H22N2O3/c1-4-14(5-2)16(20)19(11-12(3)17(21)22)15-8-6-7-13(9-15)10-18/h6-9,12,14H,4-5,11H2,1-3H3,(H,21,22). The van der Waals surface area contributed by atoms with Crippen LogP contribution in [0.2, 0.25) is 0 Å². The lowest BCUT2D eigenvalue weighted by atomic mass is 10.00. The van der Waals surface area contributed by atoms with E-state index in [1.807, 2.05) is 19.9 Å². The number of carbonyl (C=O) groups is 2. The van der Waals surface area contributed by atoms with E-state index in [-0.39, 0.29) is 18.4 Å². The van der Waals surface area contributed by atoms with Crippen LogP contribution in [0.1, 0.15) is 39.2 Å². The first-order valence-corrected chi connectivity index (χ1v) is 7.48. The number of carboxylic acid groups (broad SMARTS) is 1. The van der Waals surface area contributed by atoms with Crippen molar-refractivity contribution in [1.29, 1.82) is 5.26 Å². The summed E-state index contributed by atoms with van der Waals surface area (Å²) in [5, 5.41) is 18.1. The van der Waals surface area contributed by atoms with Gasteiger partial charge >= 0.3 is 5.97 Å². The van der Waals surface area contributed by atoms with Crippen molar-refractivity contribution in [2.45, 2.75) is 33.6 Å². The third-order valence-electron chi connectivity index (χ3n) is 3.77. The largest absolute Gasteiger partial charge is 0.481 e. The van der Waals surface area contributed by atoms with Crippen LogP contribution in [0, 0.1) is 23.2 Å². The predicted molar refractivity (Wildman–Crippen MR) is 84.4 cm³/mol. The summed E-state index contributed by atoms with van der Waals surface area (Å²) in [6.07, 6.45) is 1.40. The number of nitriles is 1. The molecule has 0 spiro atoms. The lowest BCUT2D eigenvalue weighted by Crippen LogP contribution is -2.40. The van der Waals surface area contributed by atoms with Gasteiger partial charge in [-0.1, -0.05) is 26.8 Å². The van der Waals surface area contributed by atoms with Gasteiger partial charge in [-0.05, 0) is 31.0 Å². The summed E-state index contributed by atoms with van der Waals surface area (Å²) >= 11 is 0. The van der Waals surface area contributed by atoms with E-state index >= 15 is 0 Å². The van der Waals surface area contributed by atoms with Gasteiger partial charge in [0.15, 0.2) is 0 Å². The monoisotopic (exact) mass is 302 g/mol. The van der Waals surface area contributed by atoms with Crippen LogP contribution in [-0.4, -0.2) is 23.5 Å². The van der Waals surface area contributed by atoms with E-state index in [2.05, 4.69) is 0 Å². The first kappa shape index (κ1) is 17.7. The molecule has 0 saturated heterocycles. The fourth-order valence-corrected chi connectivity index (χ4v) is 2.28. The van der Waals surface area contributed by atoms with Gasteiger partial charge in [-0.15, -0.1) is 0 Å². The molecule has 118 valence electrons. The summed E-state index contributed by atoms with van der Waals surface area (Å²) in [5.41, 5.74) is 1.02. The molecule has 1 rings (SSSR count). The highest BCUT2D eigenvalue weighted by Gasteiger charge is 2.26. The molecule has 1 N–H and O–H groups in total. The Morgan fingerprint density at radius 3 is 2.45 bits per heavy atom. The molecule has 0 heterocycles. The Labute approximate surface area is 131 Å². The molecular weight excluding hydrogens is 280 g/mol. The fraction of sp³-hybridized carbons (Fsp3) is 0.471. The Morgan fingerprint density at radius 1 is 1.32 bits per heavy atom. The van der Waals surface area contributed by atoms with Crippen LogP contribution in [0.4, 0.5) is 5.69 Å². The number of carboxylic acids is 1. The van der Waals surface area contributed by atoms with Crippen LogP contribution >= 0.6 is 0 Å². The predicted octanol–water partition coefficient (Wildman–Crippen LogP) is 3.05. The van der Waals surface area contributed by atoms with Crippen LogP contribution in [-0.2, 0) is 9.59 Å². The van der Waals surface area contributed by atoms with Crippen molar-refractivity contribution in [3.63, 3.8) is 0 Å². The van der Waals surface area contributed by atoms with Gasteiger partial charge in [0.25, 0.3) is 0 Å². The summed E-state index contributed by atoms with van der Waals surface area (Å²) in [5.74, 6) is -1.86. The van der Waals surface area contributed by atoms with Crippen LogP contribution in [0.25, 0.3) is 0 Å². The molecule has 0 fully saturated rings. The van der Waals surface area contributed by atoms with Crippen molar-refractivity contribution in [2.75, 3.05) is 11.4 Å². The summed E-state index contributed by atoms with van der Waals surface area (Å²) in [4.78, 5) is 25.3. The maximum atomic E-state index is 12.7. The average Bonchev–Trinajstić information content (AvgIpc) is 2.53.